The molecule has 0 aliphatic rings. The molecule has 0 unspecified atom stereocenters. The standard InChI is InChI=1S/C21H18ClF2N5O4/c22-13-4-2-1-3-12(13)17-16-18(27-21(8-30,9-31)10-32)25-20(26-19(16)29-28-17)33-15-6-5-11(23)7-14(15)24/h1-7,30-32H,8-10H2,(H2,25,26,27,28,29). The Balaban J connectivity index is 1.88. The lowest BCUT2D eigenvalue weighted by Crippen LogP contribution is -2.49. The van der Waals surface area contributed by atoms with E-state index in [1.807, 2.05) is 0 Å². The van der Waals surface area contributed by atoms with Crippen LogP contribution >= 0.6 is 11.6 Å². The molecule has 12 heteroatoms. The Kier molecular flexibility index (Phi) is 6.38. The van der Waals surface area contributed by atoms with Crippen LogP contribution in [0, 0.1) is 11.6 Å². The maximum Gasteiger partial charge on any atom is 0.326 e. The van der Waals surface area contributed by atoms with Crippen LogP contribution in [-0.4, -0.2) is 60.8 Å². The molecule has 0 radical (unpaired) electrons. The lowest BCUT2D eigenvalue weighted by molar-refractivity contribution is 0.0831. The van der Waals surface area contributed by atoms with Gasteiger partial charge in [-0.3, -0.25) is 5.10 Å². The van der Waals surface area contributed by atoms with Gasteiger partial charge in [-0.25, -0.2) is 8.78 Å². The predicted molar refractivity (Wildman–Crippen MR) is 116 cm³/mol. The van der Waals surface area contributed by atoms with Crippen molar-refractivity contribution in [1.29, 1.82) is 0 Å². The predicted octanol–water partition coefficient (Wildman–Crippen LogP) is 2.87. The molecule has 0 aliphatic carbocycles. The number of nitrogens with one attached hydrogen (secondary N) is 2. The first kappa shape index (κ1) is 22.8. The summed E-state index contributed by atoms with van der Waals surface area (Å²) in [5.74, 6) is -2.07. The van der Waals surface area contributed by atoms with E-state index in [2.05, 4.69) is 25.5 Å². The second-order valence-corrected chi connectivity index (χ2v) is 7.59. The Hall–Kier alpha value is -3.38. The maximum atomic E-state index is 14.1. The zero-order valence-corrected chi connectivity index (χ0v) is 17.6. The molecule has 0 saturated carbocycles. The van der Waals surface area contributed by atoms with Crippen molar-refractivity contribution in [2.45, 2.75) is 5.54 Å². The first-order chi connectivity index (χ1) is 15.9. The second-order valence-electron chi connectivity index (χ2n) is 7.19. The number of ether oxygens (including phenoxy) is 1. The van der Waals surface area contributed by atoms with E-state index in [9.17, 15) is 24.1 Å². The van der Waals surface area contributed by atoms with Crippen LogP contribution in [0.3, 0.4) is 0 Å². The summed E-state index contributed by atoms with van der Waals surface area (Å²) in [4.78, 5) is 8.43. The van der Waals surface area contributed by atoms with Crippen LogP contribution < -0.4 is 10.1 Å². The Morgan fingerprint density at radius 3 is 2.42 bits per heavy atom. The van der Waals surface area contributed by atoms with Gasteiger partial charge in [-0.1, -0.05) is 29.8 Å². The first-order valence-electron chi connectivity index (χ1n) is 9.64. The normalized spacial score (nSPS) is 11.7. The molecule has 0 aliphatic heterocycles. The Bertz CT molecular complexity index is 1290. The van der Waals surface area contributed by atoms with Crippen LogP contribution in [-0.2, 0) is 0 Å². The smallest absolute Gasteiger partial charge is 0.326 e. The molecule has 0 fully saturated rings. The van der Waals surface area contributed by atoms with Gasteiger partial charge in [-0.15, -0.1) is 0 Å². The minimum atomic E-state index is -1.56. The Labute approximate surface area is 190 Å². The van der Waals surface area contributed by atoms with Gasteiger partial charge in [0.25, 0.3) is 0 Å². The SMILES string of the molecule is OCC(CO)(CO)Nc1nc(Oc2ccc(F)cc2F)nc2[nH]nc(-c3ccccc3Cl)c12. The van der Waals surface area contributed by atoms with Gasteiger partial charge in [-0.05, 0) is 18.2 Å². The van der Waals surface area contributed by atoms with Crippen molar-refractivity contribution in [3.8, 4) is 23.0 Å². The topological polar surface area (TPSA) is 136 Å². The zero-order chi connectivity index (χ0) is 23.6. The number of fused-ring (bicyclic) bond motifs is 1. The number of hydrogen-bond donors (Lipinski definition) is 5. The minimum absolute atomic E-state index is 0.0124. The number of halogens is 3. The first-order valence-corrected chi connectivity index (χ1v) is 10.0. The van der Waals surface area contributed by atoms with E-state index >= 15 is 0 Å². The number of anilines is 1. The Morgan fingerprint density at radius 1 is 1.03 bits per heavy atom. The highest BCUT2D eigenvalue weighted by atomic mass is 35.5. The van der Waals surface area contributed by atoms with Crippen LogP contribution in [0.5, 0.6) is 11.8 Å². The number of H-pyrrole nitrogens is 1. The van der Waals surface area contributed by atoms with E-state index in [0.717, 1.165) is 12.1 Å². The molecule has 0 amide bonds. The average Bonchev–Trinajstić information content (AvgIpc) is 3.24. The fourth-order valence-electron chi connectivity index (χ4n) is 3.07. The molecule has 0 spiro atoms. The van der Waals surface area contributed by atoms with Crippen molar-refractivity contribution in [3.05, 3.63) is 59.1 Å². The number of rotatable bonds is 8. The fraction of sp³-hybridized carbons (Fsp3) is 0.190. The number of aliphatic hydroxyl groups excluding tert-OH is 3. The molecule has 2 aromatic carbocycles. The fourth-order valence-corrected chi connectivity index (χ4v) is 3.30. The van der Waals surface area contributed by atoms with Crippen molar-refractivity contribution < 1.29 is 28.8 Å². The summed E-state index contributed by atoms with van der Waals surface area (Å²) in [6.45, 7) is -1.94. The van der Waals surface area contributed by atoms with E-state index in [1.54, 1.807) is 24.3 Å². The summed E-state index contributed by atoms with van der Waals surface area (Å²) in [6, 6.07) is 9.28. The van der Waals surface area contributed by atoms with Crippen molar-refractivity contribution >= 4 is 28.5 Å². The van der Waals surface area contributed by atoms with E-state index in [4.69, 9.17) is 16.3 Å². The third kappa shape index (κ3) is 4.44. The number of nitrogens with zero attached hydrogens (tertiary/aromatic N) is 3. The molecule has 4 rings (SSSR count). The molecule has 9 nitrogen and oxygen atoms in total. The van der Waals surface area contributed by atoms with Crippen LogP contribution in [0.25, 0.3) is 22.3 Å². The number of benzene rings is 2. The summed E-state index contributed by atoms with van der Waals surface area (Å²) in [5.41, 5.74) is -0.518. The third-order valence-corrected chi connectivity index (χ3v) is 5.24. The molecule has 2 heterocycles. The quantitative estimate of drug-likeness (QED) is 0.261. The molecular formula is C21H18ClF2N5O4. The van der Waals surface area contributed by atoms with Gasteiger partial charge < -0.3 is 25.4 Å². The van der Waals surface area contributed by atoms with E-state index in [1.165, 1.54) is 0 Å². The highest BCUT2D eigenvalue weighted by Gasteiger charge is 2.31. The molecule has 2 aromatic heterocycles. The molecule has 5 N–H and O–H groups in total. The molecule has 0 saturated heterocycles. The lowest BCUT2D eigenvalue weighted by atomic mass is 10.0. The monoisotopic (exact) mass is 477 g/mol. The lowest BCUT2D eigenvalue weighted by Gasteiger charge is -2.29. The average molecular weight is 478 g/mol. The van der Waals surface area contributed by atoms with Gasteiger partial charge in [0.2, 0.25) is 0 Å². The molecule has 33 heavy (non-hydrogen) atoms. The maximum absolute atomic E-state index is 14.1. The van der Waals surface area contributed by atoms with Crippen LogP contribution in [0.15, 0.2) is 42.5 Å². The highest BCUT2D eigenvalue weighted by Crippen LogP contribution is 2.36. The number of aliphatic hydroxyl groups is 3. The van der Waals surface area contributed by atoms with E-state index < -0.39 is 37.0 Å². The van der Waals surface area contributed by atoms with Crippen molar-refractivity contribution in [2.75, 3.05) is 25.1 Å². The van der Waals surface area contributed by atoms with Gasteiger partial charge in [0, 0.05) is 11.6 Å². The minimum Gasteiger partial charge on any atom is -0.421 e. The molecular weight excluding hydrogens is 460 g/mol. The van der Waals surface area contributed by atoms with E-state index in [0.29, 0.717) is 27.7 Å². The van der Waals surface area contributed by atoms with Crippen molar-refractivity contribution in [2.24, 2.45) is 0 Å². The molecule has 0 atom stereocenters. The number of aromatic nitrogens is 4. The molecule has 172 valence electrons. The largest absolute Gasteiger partial charge is 0.421 e. The van der Waals surface area contributed by atoms with Crippen LogP contribution in [0.1, 0.15) is 0 Å². The number of aromatic amines is 1. The van der Waals surface area contributed by atoms with Crippen LogP contribution in [0.4, 0.5) is 14.6 Å². The molecule has 4 aromatic rings. The zero-order valence-electron chi connectivity index (χ0n) is 16.9. The van der Waals surface area contributed by atoms with Gasteiger partial charge in [0.1, 0.15) is 22.9 Å². The highest BCUT2D eigenvalue weighted by molar-refractivity contribution is 6.33. The molecule has 0 bridgehead atoms. The summed E-state index contributed by atoms with van der Waals surface area (Å²) in [5, 5.41) is 39.8. The van der Waals surface area contributed by atoms with Crippen molar-refractivity contribution in [1.82, 2.24) is 20.2 Å². The van der Waals surface area contributed by atoms with Gasteiger partial charge >= 0.3 is 6.01 Å². The summed E-state index contributed by atoms with van der Waals surface area (Å²) < 4.78 is 32.7. The van der Waals surface area contributed by atoms with Gasteiger partial charge in [-0.2, -0.15) is 15.1 Å². The van der Waals surface area contributed by atoms with Gasteiger partial charge in [0.05, 0.1) is 30.2 Å². The second kappa shape index (κ2) is 9.24. The third-order valence-electron chi connectivity index (χ3n) is 4.91. The number of hydrogen-bond acceptors (Lipinski definition) is 8. The summed E-state index contributed by atoms with van der Waals surface area (Å²) in [7, 11) is 0. The van der Waals surface area contributed by atoms with Crippen molar-refractivity contribution in [3.63, 3.8) is 0 Å². The Morgan fingerprint density at radius 2 is 1.76 bits per heavy atom. The summed E-state index contributed by atoms with van der Waals surface area (Å²) >= 11 is 6.32. The van der Waals surface area contributed by atoms with E-state index in [-0.39, 0.29) is 23.2 Å². The summed E-state index contributed by atoms with van der Waals surface area (Å²) in [6.07, 6.45) is 0. The van der Waals surface area contributed by atoms with Crippen LogP contribution in [0.2, 0.25) is 5.02 Å². The van der Waals surface area contributed by atoms with Gasteiger partial charge in [0.15, 0.2) is 17.2 Å².